The van der Waals surface area contributed by atoms with Gasteiger partial charge in [-0.1, -0.05) is 0 Å². The lowest BCUT2D eigenvalue weighted by Gasteiger charge is -2.34. The van der Waals surface area contributed by atoms with Crippen molar-refractivity contribution >= 4 is 16.7 Å². The lowest BCUT2D eigenvalue weighted by molar-refractivity contribution is -0.00525. The van der Waals surface area contributed by atoms with Crippen LogP contribution in [0.3, 0.4) is 0 Å². The van der Waals surface area contributed by atoms with E-state index in [1.807, 2.05) is 6.92 Å². The monoisotopic (exact) mass is 243 g/mol. The van der Waals surface area contributed by atoms with E-state index in [0.29, 0.717) is 12.6 Å². The van der Waals surface area contributed by atoms with Crippen molar-refractivity contribution in [1.29, 1.82) is 0 Å². The van der Waals surface area contributed by atoms with Crippen LogP contribution in [-0.2, 0) is 4.74 Å². The fraction of sp³-hybridized carbons (Fsp3) is 0.800. The summed E-state index contributed by atoms with van der Waals surface area (Å²) in [5, 5.41) is 0.922. The zero-order chi connectivity index (χ0) is 11.5. The van der Waals surface area contributed by atoms with Gasteiger partial charge in [0.2, 0.25) is 5.13 Å². The van der Waals surface area contributed by atoms with Gasteiger partial charge in [-0.15, -0.1) is 4.37 Å². The Kier molecular flexibility index (Phi) is 3.60. The third-order valence-corrected chi connectivity index (χ3v) is 3.12. The standard InChI is InChI=1S/C10H17N3O2S/c1-4-14-9-11-10(16-12-9)13-5-7(2)15-8(3)6-13/h7-8H,4-6H2,1-3H3. The first kappa shape index (κ1) is 11.6. The third kappa shape index (κ3) is 2.62. The second-order valence-electron chi connectivity index (χ2n) is 3.95. The van der Waals surface area contributed by atoms with Crippen molar-refractivity contribution < 1.29 is 9.47 Å². The molecule has 1 aromatic rings. The molecule has 0 radical (unpaired) electrons. The number of hydrogen-bond acceptors (Lipinski definition) is 6. The minimum atomic E-state index is 0.239. The maximum Gasteiger partial charge on any atom is 0.330 e. The third-order valence-electron chi connectivity index (χ3n) is 2.36. The number of aromatic nitrogens is 2. The fourth-order valence-electron chi connectivity index (χ4n) is 1.85. The van der Waals surface area contributed by atoms with E-state index < -0.39 is 0 Å². The van der Waals surface area contributed by atoms with Gasteiger partial charge in [-0.05, 0) is 20.8 Å². The molecular formula is C10H17N3O2S. The first-order chi connectivity index (χ1) is 7.69. The topological polar surface area (TPSA) is 47.5 Å². The minimum absolute atomic E-state index is 0.239. The lowest BCUT2D eigenvalue weighted by Crippen LogP contribution is -2.45. The number of hydrogen-bond donors (Lipinski definition) is 0. The molecule has 5 nitrogen and oxygen atoms in total. The summed E-state index contributed by atoms with van der Waals surface area (Å²) in [6, 6.07) is 0.481. The molecule has 0 aliphatic carbocycles. The zero-order valence-electron chi connectivity index (χ0n) is 9.84. The quantitative estimate of drug-likeness (QED) is 0.806. The van der Waals surface area contributed by atoms with Crippen molar-refractivity contribution in [3.05, 3.63) is 0 Å². The summed E-state index contributed by atoms with van der Waals surface area (Å²) in [5.41, 5.74) is 0. The van der Waals surface area contributed by atoms with Crippen LogP contribution in [0.25, 0.3) is 0 Å². The van der Waals surface area contributed by atoms with Gasteiger partial charge in [0, 0.05) is 24.6 Å². The summed E-state index contributed by atoms with van der Waals surface area (Å²) in [5.74, 6) is 0. The summed E-state index contributed by atoms with van der Waals surface area (Å²) >= 11 is 1.38. The van der Waals surface area contributed by atoms with Gasteiger partial charge in [0.25, 0.3) is 0 Å². The second-order valence-corrected chi connectivity index (χ2v) is 4.69. The van der Waals surface area contributed by atoms with Crippen molar-refractivity contribution in [1.82, 2.24) is 9.36 Å². The Balaban J connectivity index is 2.04. The number of morpholine rings is 1. The van der Waals surface area contributed by atoms with E-state index in [9.17, 15) is 0 Å². The molecule has 1 saturated heterocycles. The molecule has 90 valence electrons. The molecule has 2 unspecified atom stereocenters. The van der Waals surface area contributed by atoms with E-state index in [4.69, 9.17) is 9.47 Å². The average Bonchev–Trinajstić information content (AvgIpc) is 2.65. The Morgan fingerprint density at radius 1 is 1.44 bits per heavy atom. The van der Waals surface area contributed by atoms with Crippen LogP contribution in [0, 0.1) is 0 Å². The van der Waals surface area contributed by atoms with Gasteiger partial charge in [-0.2, -0.15) is 4.98 Å². The average molecular weight is 243 g/mol. The van der Waals surface area contributed by atoms with Gasteiger partial charge < -0.3 is 14.4 Å². The highest BCUT2D eigenvalue weighted by atomic mass is 32.1. The fourth-order valence-corrected chi connectivity index (χ4v) is 2.49. The molecule has 0 spiro atoms. The zero-order valence-corrected chi connectivity index (χ0v) is 10.7. The van der Waals surface area contributed by atoms with Gasteiger partial charge >= 0.3 is 6.01 Å². The molecule has 0 bridgehead atoms. The van der Waals surface area contributed by atoms with Crippen molar-refractivity contribution in [2.45, 2.75) is 33.0 Å². The van der Waals surface area contributed by atoms with Crippen molar-refractivity contribution in [3.63, 3.8) is 0 Å². The first-order valence-electron chi connectivity index (χ1n) is 5.56. The second kappa shape index (κ2) is 4.97. The van der Waals surface area contributed by atoms with Crippen LogP contribution in [-0.4, -0.2) is 41.3 Å². The summed E-state index contributed by atoms with van der Waals surface area (Å²) in [6.07, 6.45) is 0.478. The minimum Gasteiger partial charge on any atom is -0.463 e. The molecule has 2 heterocycles. The van der Waals surface area contributed by atoms with Crippen LogP contribution < -0.4 is 9.64 Å². The number of anilines is 1. The summed E-state index contributed by atoms with van der Waals surface area (Å²) in [4.78, 5) is 6.56. The van der Waals surface area contributed by atoms with E-state index in [1.165, 1.54) is 11.5 Å². The Hall–Kier alpha value is -0.880. The SMILES string of the molecule is CCOc1nsc(N2CC(C)OC(C)C2)n1. The molecule has 0 saturated carbocycles. The van der Waals surface area contributed by atoms with Gasteiger partial charge in [0.15, 0.2) is 0 Å². The normalized spacial score (nSPS) is 25.8. The molecule has 6 heteroatoms. The molecule has 1 aromatic heterocycles. The molecule has 16 heavy (non-hydrogen) atoms. The van der Waals surface area contributed by atoms with Crippen LogP contribution in [0.1, 0.15) is 20.8 Å². The number of rotatable bonds is 3. The molecule has 0 N–H and O–H groups in total. The van der Waals surface area contributed by atoms with Gasteiger partial charge in [0.05, 0.1) is 18.8 Å². The van der Waals surface area contributed by atoms with Gasteiger partial charge in [-0.3, -0.25) is 0 Å². The molecule has 2 rings (SSSR count). The highest BCUT2D eigenvalue weighted by Gasteiger charge is 2.24. The van der Waals surface area contributed by atoms with Crippen molar-refractivity contribution in [2.24, 2.45) is 0 Å². The van der Waals surface area contributed by atoms with Crippen LogP contribution >= 0.6 is 11.5 Å². The first-order valence-corrected chi connectivity index (χ1v) is 6.33. The van der Waals surface area contributed by atoms with E-state index in [0.717, 1.165) is 18.2 Å². The molecule has 1 aliphatic rings. The van der Waals surface area contributed by atoms with E-state index in [-0.39, 0.29) is 12.2 Å². The molecule has 2 atom stereocenters. The smallest absolute Gasteiger partial charge is 0.330 e. The Labute approximate surface area is 99.6 Å². The highest BCUT2D eigenvalue weighted by molar-refractivity contribution is 7.09. The van der Waals surface area contributed by atoms with Crippen LogP contribution in [0.5, 0.6) is 6.01 Å². The Bertz CT molecular complexity index is 335. The molecule has 0 aromatic carbocycles. The van der Waals surface area contributed by atoms with Gasteiger partial charge in [-0.25, -0.2) is 0 Å². The van der Waals surface area contributed by atoms with Crippen molar-refractivity contribution in [2.75, 3.05) is 24.6 Å². The maximum atomic E-state index is 5.68. The van der Waals surface area contributed by atoms with Crippen LogP contribution in [0.2, 0.25) is 0 Å². The van der Waals surface area contributed by atoms with E-state index in [1.54, 1.807) is 0 Å². The molecular weight excluding hydrogens is 226 g/mol. The molecule has 1 fully saturated rings. The van der Waals surface area contributed by atoms with E-state index >= 15 is 0 Å². The van der Waals surface area contributed by atoms with E-state index in [2.05, 4.69) is 28.1 Å². The molecule has 0 amide bonds. The maximum absolute atomic E-state index is 5.68. The van der Waals surface area contributed by atoms with Crippen LogP contribution in [0.4, 0.5) is 5.13 Å². The lowest BCUT2D eigenvalue weighted by atomic mass is 10.2. The summed E-state index contributed by atoms with van der Waals surface area (Å²) in [6.45, 7) is 8.42. The summed E-state index contributed by atoms with van der Waals surface area (Å²) in [7, 11) is 0. The number of ether oxygens (including phenoxy) is 2. The van der Waals surface area contributed by atoms with Crippen LogP contribution in [0.15, 0.2) is 0 Å². The Morgan fingerprint density at radius 2 is 2.12 bits per heavy atom. The predicted molar refractivity (Wildman–Crippen MR) is 63.3 cm³/mol. The highest BCUT2D eigenvalue weighted by Crippen LogP contribution is 2.24. The summed E-state index contributed by atoms with van der Waals surface area (Å²) < 4.78 is 15.1. The van der Waals surface area contributed by atoms with Crippen molar-refractivity contribution in [3.8, 4) is 6.01 Å². The predicted octanol–water partition coefficient (Wildman–Crippen LogP) is 1.55. The van der Waals surface area contributed by atoms with Gasteiger partial charge in [0.1, 0.15) is 0 Å². The number of nitrogens with zero attached hydrogens (tertiary/aromatic N) is 3. The Morgan fingerprint density at radius 3 is 2.75 bits per heavy atom. The largest absolute Gasteiger partial charge is 0.463 e. The molecule has 1 aliphatic heterocycles.